The fourth-order valence-electron chi connectivity index (χ4n) is 6.03. The monoisotopic (exact) mass is 578 g/mol. The van der Waals surface area contributed by atoms with Crippen molar-refractivity contribution in [2.45, 2.75) is 26.7 Å². The molecule has 0 bridgehead atoms. The smallest absolute Gasteiger partial charge is 0.0805 e. The zero-order valence-corrected chi connectivity index (χ0v) is 25.2. The molecule has 2 aliphatic heterocycles. The summed E-state index contributed by atoms with van der Waals surface area (Å²) in [6.07, 6.45) is 2.21. The van der Waals surface area contributed by atoms with Gasteiger partial charge in [0.25, 0.3) is 0 Å². The van der Waals surface area contributed by atoms with E-state index in [1.165, 1.54) is 0 Å². The van der Waals surface area contributed by atoms with Gasteiger partial charge in [-0.1, -0.05) is 24.3 Å². The third kappa shape index (κ3) is 7.01. The second-order valence-corrected chi connectivity index (χ2v) is 11.1. The Morgan fingerprint density at radius 1 is 0.634 bits per heavy atom. The molecule has 220 valence electrons. The number of hydrogen-bond acceptors (Lipinski definition) is 8. The van der Waals surface area contributed by atoms with Crippen LogP contribution >= 0.6 is 12.4 Å². The number of nitrogens with one attached hydrogen (secondary N) is 2. The Morgan fingerprint density at radius 2 is 1.02 bits per heavy atom. The van der Waals surface area contributed by atoms with Crippen molar-refractivity contribution in [2.75, 3.05) is 89.4 Å². The normalized spacial score (nSPS) is 16.7. The van der Waals surface area contributed by atoms with Gasteiger partial charge >= 0.3 is 0 Å². The number of aromatic nitrogens is 2. The molecule has 8 nitrogen and oxygen atoms in total. The minimum absolute atomic E-state index is 0. The summed E-state index contributed by atoms with van der Waals surface area (Å²) in [5.41, 5.74) is 6.45. The molecule has 2 aromatic heterocycles. The third-order valence-electron chi connectivity index (χ3n) is 8.15. The molecule has 2 aromatic carbocycles. The maximum absolute atomic E-state index is 5.48. The Balaban J connectivity index is 0.00000337. The second kappa shape index (κ2) is 13.9. The first-order valence-electron chi connectivity index (χ1n) is 14.9. The molecule has 4 heterocycles. The van der Waals surface area contributed by atoms with Crippen molar-refractivity contribution in [2.24, 2.45) is 0 Å². The van der Waals surface area contributed by atoms with Crippen LogP contribution in [0.25, 0.3) is 32.6 Å². The van der Waals surface area contributed by atoms with Crippen LogP contribution < -0.4 is 10.6 Å². The minimum atomic E-state index is 0. The molecule has 0 amide bonds. The Kier molecular flexibility index (Phi) is 10.1. The molecule has 2 fully saturated rings. The number of fused-ring (bicyclic) bond motifs is 5. The fraction of sp³-hybridized carbons (Fsp3) is 0.500. The van der Waals surface area contributed by atoms with E-state index in [1.807, 2.05) is 0 Å². The summed E-state index contributed by atoms with van der Waals surface area (Å²) in [4.78, 5) is 15.0. The lowest BCUT2D eigenvalue weighted by Crippen LogP contribution is -2.37. The van der Waals surface area contributed by atoms with E-state index in [4.69, 9.17) is 19.4 Å². The Hall–Kier alpha value is -2.75. The molecule has 0 atom stereocenters. The van der Waals surface area contributed by atoms with E-state index in [2.05, 4.69) is 70.7 Å². The third-order valence-corrected chi connectivity index (χ3v) is 8.15. The van der Waals surface area contributed by atoms with Gasteiger partial charge in [0, 0.05) is 83.6 Å². The van der Waals surface area contributed by atoms with Crippen molar-refractivity contribution < 1.29 is 9.47 Å². The zero-order valence-electron chi connectivity index (χ0n) is 24.4. The number of hydrogen-bond donors (Lipinski definition) is 2. The summed E-state index contributed by atoms with van der Waals surface area (Å²) in [6.45, 7) is 15.8. The molecule has 2 saturated heterocycles. The SMILES string of the molecule is Cc1cc(NCCCN2CCOCC2)c2ccc3c(ccc4c(NCCCN5CCOCC5)cc(C)nc43)c2n1.Cl. The van der Waals surface area contributed by atoms with Crippen molar-refractivity contribution in [3.05, 3.63) is 47.8 Å². The molecular formula is C32H43ClN6O2. The largest absolute Gasteiger partial charge is 0.384 e. The summed E-state index contributed by atoms with van der Waals surface area (Å²) in [6, 6.07) is 13.2. The number of anilines is 2. The molecule has 0 unspecified atom stereocenters. The lowest BCUT2D eigenvalue weighted by atomic mass is 10.0. The number of morpholine rings is 2. The number of rotatable bonds is 10. The standard InChI is InChI=1S/C32H42N6O2.ClH/c1-23-21-29(33-9-3-11-37-13-17-39-18-14-37)27-7-6-26-25(31(27)35-23)5-8-28-30(22-24(2)36-32(26)28)34-10-4-12-38-15-19-40-20-16-38;/h5-8,21-22H,3-4,9-20H2,1-2H3,(H,33,35)(H,34,36);1H. The predicted octanol–water partition coefficient (Wildman–Crippen LogP) is 5.24. The van der Waals surface area contributed by atoms with Gasteiger partial charge < -0.3 is 20.1 Å². The topological polar surface area (TPSA) is 74.8 Å². The molecule has 9 heteroatoms. The average molecular weight is 579 g/mol. The number of pyridine rings is 2. The highest BCUT2D eigenvalue weighted by molar-refractivity contribution is 6.18. The molecule has 2 aliphatic rings. The van der Waals surface area contributed by atoms with Gasteiger partial charge in [0.1, 0.15) is 0 Å². The van der Waals surface area contributed by atoms with E-state index in [-0.39, 0.29) is 12.4 Å². The van der Waals surface area contributed by atoms with Gasteiger partial charge in [-0.05, 0) is 51.9 Å². The molecule has 0 aliphatic carbocycles. The second-order valence-electron chi connectivity index (χ2n) is 11.1. The van der Waals surface area contributed by atoms with E-state index in [0.717, 1.165) is 147 Å². The molecule has 0 saturated carbocycles. The Labute approximate surface area is 249 Å². The van der Waals surface area contributed by atoms with Crippen LogP contribution in [0.3, 0.4) is 0 Å². The van der Waals surface area contributed by atoms with Crippen molar-refractivity contribution in [1.29, 1.82) is 0 Å². The first-order chi connectivity index (χ1) is 19.7. The van der Waals surface area contributed by atoms with E-state index < -0.39 is 0 Å². The van der Waals surface area contributed by atoms with Crippen LogP contribution in [0.15, 0.2) is 36.4 Å². The summed E-state index contributed by atoms with van der Waals surface area (Å²) in [7, 11) is 0. The van der Waals surface area contributed by atoms with Crippen LogP contribution in [0, 0.1) is 13.8 Å². The van der Waals surface area contributed by atoms with Gasteiger partial charge in [-0.15, -0.1) is 12.4 Å². The van der Waals surface area contributed by atoms with Crippen LogP contribution in [0.1, 0.15) is 24.2 Å². The van der Waals surface area contributed by atoms with E-state index >= 15 is 0 Å². The van der Waals surface area contributed by atoms with Gasteiger partial charge in [-0.3, -0.25) is 19.8 Å². The first kappa shape index (κ1) is 29.7. The summed E-state index contributed by atoms with van der Waals surface area (Å²) >= 11 is 0. The van der Waals surface area contributed by atoms with Crippen LogP contribution in [0.5, 0.6) is 0 Å². The number of ether oxygens (including phenoxy) is 2. The van der Waals surface area contributed by atoms with Gasteiger partial charge in [0.15, 0.2) is 0 Å². The van der Waals surface area contributed by atoms with Gasteiger partial charge in [0.05, 0.1) is 37.5 Å². The van der Waals surface area contributed by atoms with Crippen molar-refractivity contribution in [3.8, 4) is 0 Å². The van der Waals surface area contributed by atoms with Crippen LogP contribution in [-0.4, -0.2) is 98.6 Å². The zero-order chi connectivity index (χ0) is 27.3. The Morgan fingerprint density at radius 3 is 1.44 bits per heavy atom. The fourth-order valence-corrected chi connectivity index (χ4v) is 6.03. The van der Waals surface area contributed by atoms with Crippen LogP contribution in [-0.2, 0) is 9.47 Å². The van der Waals surface area contributed by atoms with Crippen molar-refractivity contribution in [3.63, 3.8) is 0 Å². The minimum Gasteiger partial charge on any atom is -0.384 e. The van der Waals surface area contributed by atoms with Crippen LogP contribution in [0.2, 0.25) is 0 Å². The number of benzene rings is 2. The highest BCUT2D eigenvalue weighted by Crippen LogP contribution is 2.35. The Bertz CT molecular complexity index is 1360. The number of nitrogens with zero attached hydrogens (tertiary/aromatic N) is 4. The first-order valence-corrected chi connectivity index (χ1v) is 14.9. The predicted molar refractivity (Wildman–Crippen MR) is 172 cm³/mol. The molecule has 0 spiro atoms. The van der Waals surface area contributed by atoms with Crippen molar-refractivity contribution in [1.82, 2.24) is 19.8 Å². The number of halogens is 1. The van der Waals surface area contributed by atoms with Gasteiger partial charge in [0.2, 0.25) is 0 Å². The van der Waals surface area contributed by atoms with Gasteiger partial charge in [-0.2, -0.15) is 0 Å². The number of aryl methyl sites for hydroxylation is 2. The molecule has 0 radical (unpaired) electrons. The summed E-state index contributed by atoms with van der Waals surface area (Å²) in [5.74, 6) is 0. The molecule has 6 rings (SSSR count). The van der Waals surface area contributed by atoms with E-state index in [0.29, 0.717) is 0 Å². The summed E-state index contributed by atoms with van der Waals surface area (Å²) in [5, 5.41) is 12.1. The quantitative estimate of drug-likeness (QED) is 0.195. The molecule has 2 N–H and O–H groups in total. The average Bonchev–Trinajstić information content (AvgIpc) is 2.98. The van der Waals surface area contributed by atoms with E-state index in [9.17, 15) is 0 Å². The van der Waals surface area contributed by atoms with Gasteiger partial charge in [-0.25, -0.2) is 0 Å². The highest BCUT2D eigenvalue weighted by Gasteiger charge is 2.14. The molecule has 4 aromatic rings. The van der Waals surface area contributed by atoms with E-state index in [1.54, 1.807) is 0 Å². The molecular weight excluding hydrogens is 536 g/mol. The van der Waals surface area contributed by atoms with Crippen LogP contribution in [0.4, 0.5) is 11.4 Å². The maximum Gasteiger partial charge on any atom is 0.0805 e. The molecule has 41 heavy (non-hydrogen) atoms. The summed E-state index contributed by atoms with van der Waals surface area (Å²) < 4.78 is 11.0. The maximum atomic E-state index is 5.48. The lowest BCUT2D eigenvalue weighted by Gasteiger charge is -2.26. The lowest BCUT2D eigenvalue weighted by molar-refractivity contribution is 0.0378. The highest BCUT2D eigenvalue weighted by atomic mass is 35.5. The van der Waals surface area contributed by atoms with Crippen molar-refractivity contribution >= 4 is 56.4 Å².